The predicted molar refractivity (Wildman–Crippen MR) is 144 cm³/mol. The van der Waals surface area contributed by atoms with Crippen LogP contribution in [0.15, 0.2) is 60.2 Å². The summed E-state index contributed by atoms with van der Waals surface area (Å²) < 4.78 is 24.6. The first kappa shape index (κ1) is 30.1. The molecule has 0 radical (unpaired) electrons. The maximum Gasteiger partial charge on any atom is 1.00 e. The summed E-state index contributed by atoms with van der Waals surface area (Å²) in [5.41, 5.74) is 3.10. The SMILES string of the molecule is COc1cc(C(=O)/C(Cc2cccc(N(C)C)c2)=C(/C(=O)[O-])c2ccc3nsnc3c2)cc(OC)c1OC.[Na+]. The molecule has 0 bridgehead atoms. The number of fused-ring (bicyclic) bond motifs is 1. The van der Waals surface area contributed by atoms with Crippen LogP contribution < -0.4 is 53.8 Å². The van der Waals surface area contributed by atoms with Crippen LogP contribution >= 0.6 is 11.7 Å². The normalized spacial score (nSPS) is 11.3. The van der Waals surface area contributed by atoms with E-state index in [-0.39, 0.29) is 64.2 Å². The van der Waals surface area contributed by atoms with Crippen LogP contribution in [0.4, 0.5) is 5.69 Å². The molecule has 0 spiro atoms. The molecule has 4 rings (SSSR count). The van der Waals surface area contributed by atoms with E-state index in [1.807, 2.05) is 43.3 Å². The number of rotatable bonds is 10. The Labute approximate surface area is 252 Å². The summed E-state index contributed by atoms with van der Waals surface area (Å²) >= 11 is 1.02. The molecule has 1 aromatic heterocycles. The van der Waals surface area contributed by atoms with Crippen molar-refractivity contribution in [2.75, 3.05) is 40.3 Å². The van der Waals surface area contributed by atoms with Gasteiger partial charge < -0.3 is 29.0 Å². The van der Waals surface area contributed by atoms with Crippen molar-refractivity contribution in [3.05, 3.63) is 76.9 Å². The third kappa shape index (κ3) is 6.42. The first-order chi connectivity index (χ1) is 18.3. The number of aromatic nitrogens is 2. The molecule has 3 aromatic carbocycles. The molecule has 0 aliphatic heterocycles. The maximum atomic E-state index is 14.1. The van der Waals surface area contributed by atoms with Gasteiger partial charge in [-0.05, 0) is 47.5 Å². The van der Waals surface area contributed by atoms with E-state index in [1.54, 1.807) is 18.2 Å². The summed E-state index contributed by atoms with van der Waals surface area (Å²) in [6.07, 6.45) is 0.0356. The third-order valence-electron chi connectivity index (χ3n) is 6.06. The summed E-state index contributed by atoms with van der Waals surface area (Å²) in [5, 5.41) is 12.6. The van der Waals surface area contributed by atoms with Gasteiger partial charge in [0.2, 0.25) is 5.75 Å². The van der Waals surface area contributed by atoms with Gasteiger partial charge in [0.1, 0.15) is 11.0 Å². The van der Waals surface area contributed by atoms with Gasteiger partial charge in [-0.3, -0.25) is 4.79 Å². The fourth-order valence-electron chi connectivity index (χ4n) is 4.17. The van der Waals surface area contributed by atoms with Crippen LogP contribution in [-0.2, 0) is 11.2 Å². The van der Waals surface area contributed by atoms with Crippen molar-refractivity contribution in [2.45, 2.75) is 6.42 Å². The Bertz CT molecular complexity index is 1520. The van der Waals surface area contributed by atoms with Crippen LogP contribution in [0.1, 0.15) is 21.5 Å². The van der Waals surface area contributed by atoms with E-state index in [9.17, 15) is 14.7 Å². The molecule has 196 valence electrons. The Balaban J connectivity index is 0.00000420. The van der Waals surface area contributed by atoms with Gasteiger partial charge in [0.15, 0.2) is 17.3 Å². The number of carboxylic acid groups (broad SMARTS) is 1. The monoisotopic (exact) mass is 555 g/mol. The number of Topliss-reactive ketones (excluding diaryl/α,β-unsaturated/α-hetero) is 1. The molecule has 0 atom stereocenters. The van der Waals surface area contributed by atoms with Gasteiger partial charge in [-0.15, -0.1) is 0 Å². The maximum absolute atomic E-state index is 14.1. The van der Waals surface area contributed by atoms with Gasteiger partial charge in [-0.1, -0.05) is 18.2 Å². The quantitative estimate of drug-likeness (QED) is 0.156. The summed E-state index contributed by atoms with van der Waals surface area (Å²) in [5.74, 6) is -1.14. The predicted octanol–water partition coefficient (Wildman–Crippen LogP) is 0.416. The van der Waals surface area contributed by atoms with Crippen LogP contribution in [-0.4, -0.2) is 55.9 Å². The van der Waals surface area contributed by atoms with E-state index in [1.165, 1.54) is 33.5 Å². The Hall–Kier alpha value is -3.44. The molecule has 1 heterocycles. The van der Waals surface area contributed by atoms with E-state index in [0.29, 0.717) is 22.3 Å². The van der Waals surface area contributed by atoms with Crippen molar-refractivity contribution in [1.82, 2.24) is 8.75 Å². The van der Waals surface area contributed by atoms with Crippen molar-refractivity contribution < 1.29 is 58.5 Å². The number of nitrogens with zero attached hydrogens (tertiary/aromatic N) is 3. The molecule has 0 aliphatic carbocycles. The summed E-state index contributed by atoms with van der Waals surface area (Å²) in [6.45, 7) is 0. The minimum absolute atomic E-state index is 0. The molecular formula is C28H26N3NaO6S. The van der Waals surface area contributed by atoms with E-state index < -0.39 is 11.8 Å². The van der Waals surface area contributed by atoms with Gasteiger partial charge >= 0.3 is 29.6 Å². The first-order valence-corrected chi connectivity index (χ1v) is 12.3. The molecule has 0 unspecified atom stereocenters. The van der Waals surface area contributed by atoms with Crippen molar-refractivity contribution in [1.29, 1.82) is 0 Å². The number of aliphatic carboxylic acids is 1. The van der Waals surface area contributed by atoms with Crippen molar-refractivity contribution >= 4 is 45.8 Å². The molecule has 4 aromatic rings. The second-order valence-electron chi connectivity index (χ2n) is 8.59. The number of ketones is 1. The Kier molecular flexibility index (Phi) is 10.1. The zero-order chi connectivity index (χ0) is 27.4. The average molecular weight is 556 g/mol. The molecule has 0 amide bonds. The number of carboxylic acids is 1. The second-order valence-corrected chi connectivity index (χ2v) is 9.12. The van der Waals surface area contributed by atoms with E-state index >= 15 is 0 Å². The number of ether oxygens (including phenoxy) is 3. The van der Waals surface area contributed by atoms with Crippen LogP contribution in [0.25, 0.3) is 16.6 Å². The van der Waals surface area contributed by atoms with Gasteiger partial charge in [0.25, 0.3) is 0 Å². The largest absolute Gasteiger partial charge is 1.00 e. The van der Waals surface area contributed by atoms with Crippen LogP contribution in [0.3, 0.4) is 0 Å². The molecule has 39 heavy (non-hydrogen) atoms. The van der Waals surface area contributed by atoms with Crippen LogP contribution in [0, 0.1) is 0 Å². The zero-order valence-corrected chi connectivity index (χ0v) is 25.4. The Morgan fingerprint density at radius 3 is 2.13 bits per heavy atom. The van der Waals surface area contributed by atoms with E-state index in [2.05, 4.69) is 8.75 Å². The molecular weight excluding hydrogens is 529 g/mol. The second kappa shape index (κ2) is 13.1. The molecule has 0 N–H and O–H groups in total. The van der Waals surface area contributed by atoms with Gasteiger partial charge in [0, 0.05) is 42.9 Å². The van der Waals surface area contributed by atoms with E-state index in [0.717, 1.165) is 23.0 Å². The Morgan fingerprint density at radius 1 is 0.872 bits per heavy atom. The third-order valence-corrected chi connectivity index (χ3v) is 6.61. The minimum Gasteiger partial charge on any atom is -0.545 e. The number of carbonyl (C=O) groups excluding carboxylic acids is 2. The number of hydrogen-bond donors (Lipinski definition) is 0. The summed E-state index contributed by atoms with van der Waals surface area (Å²) in [7, 11) is 8.15. The van der Waals surface area contributed by atoms with Crippen molar-refractivity contribution in [2.24, 2.45) is 0 Å². The number of carbonyl (C=O) groups is 2. The van der Waals surface area contributed by atoms with Gasteiger partial charge in [0.05, 0.1) is 39.0 Å². The fraction of sp³-hybridized carbons (Fsp3) is 0.214. The van der Waals surface area contributed by atoms with Gasteiger partial charge in [-0.25, -0.2) is 0 Å². The fourth-order valence-corrected chi connectivity index (χ4v) is 4.69. The number of benzene rings is 3. The molecule has 0 saturated heterocycles. The molecule has 0 saturated carbocycles. The number of anilines is 1. The van der Waals surface area contributed by atoms with Gasteiger partial charge in [-0.2, -0.15) is 8.75 Å². The summed E-state index contributed by atoms with van der Waals surface area (Å²) in [4.78, 5) is 28.7. The van der Waals surface area contributed by atoms with Crippen molar-refractivity contribution in [3.8, 4) is 17.2 Å². The molecule has 0 fully saturated rings. The molecule has 11 heteroatoms. The zero-order valence-electron chi connectivity index (χ0n) is 22.6. The molecule has 9 nitrogen and oxygen atoms in total. The van der Waals surface area contributed by atoms with Crippen LogP contribution in [0.5, 0.6) is 17.2 Å². The van der Waals surface area contributed by atoms with E-state index in [4.69, 9.17) is 14.2 Å². The smallest absolute Gasteiger partial charge is 0.545 e. The number of methoxy groups -OCH3 is 3. The summed E-state index contributed by atoms with van der Waals surface area (Å²) in [6, 6.07) is 15.4. The topological polar surface area (TPSA) is 114 Å². The molecule has 0 aliphatic rings. The van der Waals surface area contributed by atoms with Crippen molar-refractivity contribution in [3.63, 3.8) is 0 Å². The van der Waals surface area contributed by atoms with Crippen LogP contribution in [0.2, 0.25) is 0 Å². The number of allylic oxidation sites excluding steroid dienone is 1. The Morgan fingerprint density at radius 2 is 1.54 bits per heavy atom. The standard InChI is InChI=1S/C28H27N3O6S.Na/c1-31(2)19-8-6-7-16(11-19)12-20(25(28(33)34)17-9-10-21-22(13-17)30-38-29-21)26(32)18-14-23(35-3)27(37-5)24(15-18)36-4;/h6-11,13-15H,12H2,1-5H3,(H,33,34);/q;+1/p-1/b25-20+;. The average Bonchev–Trinajstić information content (AvgIpc) is 3.39. The minimum atomic E-state index is -1.48. The first-order valence-electron chi connectivity index (χ1n) is 11.6. The number of hydrogen-bond acceptors (Lipinski definition) is 10.